The van der Waals surface area contributed by atoms with Crippen molar-refractivity contribution in [3.63, 3.8) is 0 Å². The summed E-state index contributed by atoms with van der Waals surface area (Å²) in [5.74, 6) is 0.595. The third-order valence-electron chi connectivity index (χ3n) is 14.2. The first kappa shape index (κ1) is 56.9. The lowest BCUT2D eigenvalue weighted by molar-refractivity contribution is 0.109. The highest BCUT2D eigenvalue weighted by Crippen LogP contribution is 2.44. The van der Waals surface area contributed by atoms with Crippen LogP contribution >= 0.6 is 12.4 Å². The van der Waals surface area contributed by atoms with Gasteiger partial charge in [-0.3, -0.25) is 5.41 Å². The number of halogens is 1. The minimum Gasteiger partial charge on any atom is -0.483 e. The average molecular weight is 1040 g/mol. The Bertz CT molecular complexity index is 3360. The highest BCUT2D eigenvalue weighted by atomic mass is 35.5. The van der Waals surface area contributed by atoms with Gasteiger partial charge in [-0.05, 0) is 91.7 Å². The number of rotatable bonds is 12. The molecule has 0 unspecified atom stereocenters. The number of nitrogens with two attached hydrogens (primary N) is 1. The SMILES string of the molecule is CCOC=Nc1c(C#N)c(-c2ccccc2)c(-c2ccccc2)n1Cc1ccccc1.Cl.N=c1c2c(-c3ccccc3)c(-c3ccccc3)n(Cc3ccccc3)c2ncn1C1CCC(O)CC1.NC1CCC(O)CC1.[B]. The number of nitrogens with zero attached hydrogens (tertiary/aromatic N) is 6. The molecule has 2 aliphatic rings. The zero-order valence-electron chi connectivity index (χ0n) is 43.6. The third kappa shape index (κ3) is 13.6. The van der Waals surface area contributed by atoms with E-state index in [0.29, 0.717) is 42.6 Å². The highest BCUT2D eigenvalue weighted by molar-refractivity contribution is 6.02. The summed E-state index contributed by atoms with van der Waals surface area (Å²) >= 11 is 0. The minimum absolute atomic E-state index is 0. The van der Waals surface area contributed by atoms with Gasteiger partial charge in [0, 0.05) is 44.7 Å². The van der Waals surface area contributed by atoms with Gasteiger partial charge >= 0.3 is 0 Å². The summed E-state index contributed by atoms with van der Waals surface area (Å²) in [6.45, 7) is 3.68. The van der Waals surface area contributed by atoms with Crippen molar-refractivity contribution in [2.24, 2.45) is 10.7 Å². The molecule has 0 aliphatic heterocycles. The lowest BCUT2D eigenvalue weighted by Gasteiger charge is -2.27. The molecule has 13 heteroatoms. The zero-order valence-corrected chi connectivity index (χ0v) is 44.4. The van der Waals surface area contributed by atoms with Gasteiger partial charge in [0.15, 0.2) is 12.2 Å². The number of benzene rings is 6. The molecule has 6 aromatic carbocycles. The molecule has 9 aromatic rings. The van der Waals surface area contributed by atoms with Crippen molar-refractivity contribution in [3.05, 3.63) is 210 Å². The Morgan fingerprint density at radius 1 is 0.623 bits per heavy atom. The maximum absolute atomic E-state index is 10.2. The Morgan fingerprint density at radius 3 is 1.49 bits per heavy atom. The van der Waals surface area contributed by atoms with Crippen molar-refractivity contribution in [1.82, 2.24) is 18.7 Å². The fourth-order valence-corrected chi connectivity index (χ4v) is 10.4. The van der Waals surface area contributed by atoms with E-state index in [9.17, 15) is 15.8 Å². The molecule has 11 nitrogen and oxygen atoms in total. The van der Waals surface area contributed by atoms with Crippen LogP contribution in [-0.2, 0) is 17.8 Å². The number of aromatic nitrogens is 4. The van der Waals surface area contributed by atoms with E-state index in [1.807, 2.05) is 103 Å². The van der Waals surface area contributed by atoms with Crippen molar-refractivity contribution in [1.29, 1.82) is 10.7 Å². The van der Waals surface area contributed by atoms with E-state index in [-0.39, 0.29) is 39.1 Å². The number of ether oxygens (including phenoxy) is 1. The zero-order chi connectivity index (χ0) is 51.9. The summed E-state index contributed by atoms with van der Waals surface area (Å²) in [4.78, 5) is 9.60. The number of hydrogen-bond acceptors (Lipinski definition) is 8. The van der Waals surface area contributed by atoms with Crippen LogP contribution in [-0.4, -0.2) is 68.6 Å². The summed E-state index contributed by atoms with van der Waals surface area (Å²) < 4.78 is 11.8. The minimum atomic E-state index is -0.232. The molecule has 391 valence electrons. The van der Waals surface area contributed by atoms with Gasteiger partial charge in [0.2, 0.25) is 0 Å². The Morgan fingerprint density at radius 2 is 1.04 bits per heavy atom. The summed E-state index contributed by atoms with van der Waals surface area (Å²) in [6, 6.07) is 64.6. The Balaban J connectivity index is 0.000000192. The van der Waals surface area contributed by atoms with Gasteiger partial charge in [0.25, 0.3) is 0 Å². The smallest absolute Gasteiger partial charge is 0.176 e. The van der Waals surface area contributed by atoms with Crippen LogP contribution in [0.1, 0.15) is 81.0 Å². The third-order valence-corrected chi connectivity index (χ3v) is 14.2. The van der Waals surface area contributed by atoms with Crippen molar-refractivity contribution in [2.75, 3.05) is 6.61 Å². The van der Waals surface area contributed by atoms with E-state index >= 15 is 0 Å². The molecular weight excluding hydrogens is 975 g/mol. The van der Waals surface area contributed by atoms with Crippen LogP contribution in [0.2, 0.25) is 0 Å². The predicted octanol–water partition coefficient (Wildman–Crippen LogP) is 12.9. The largest absolute Gasteiger partial charge is 0.483 e. The van der Waals surface area contributed by atoms with Crippen LogP contribution in [0.3, 0.4) is 0 Å². The van der Waals surface area contributed by atoms with Gasteiger partial charge in [-0.15, -0.1) is 12.4 Å². The number of nitriles is 1. The molecule has 0 bridgehead atoms. The van der Waals surface area contributed by atoms with Crippen molar-refractivity contribution < 1.29 is 14.9 Å². The highest BCUT2D eigenvalue weighted by Gasteiger charge is 2.28. The van der Waals surface area contributed by atoms with E-state index in [1.54, 1.807) is 0 Å². The van der Waals surface area contributed by atoms with Crippen molar-refractivity contribution in [2.45, 2.75) is 95.7 Å². The molecule has 0 atom stereocenters. The first-order valence-corrected chi connectivity index (χ1v) is 26.2. The average Bonchev–Trinajstić information content (AvgIpc) is 4.06. The predicted molar refractivity (Wildman–Crippen MR) is 314 cm³/mol. The quantitative estimate of drug-likeness (QED) is 0.0541. The van der Waals surface area contributed by atoms with Gasteiger partial charge in [-0.2, -0.15) is 5.26 Å². The molecule has 0 saturated heterocycles. The van der Waals surface area contributed by atoms with E-state index in [1.165, 1.54) is 12.0 Å². The standard InChI is InChI=1S/C31H30N4O.C27H23N3O.C6H13NO.B.ClH/c32-30-28-27(23-12-6-2-7-13-23)29(24-14-8-3-9-15-24)34(20-22-10-4-1-5-11-22)31(28)33-21-35(30)25-16-18-26(36)19-17-25;1-2-31-20-29-27-24(18-28)25(22-14-8-4-9-15-22)26(23-16-10-5-11-17-23)30(27)19-21-12-6-3-7-13-21;7-5-1-3-6(8)4-2-5;;/h1-15,21,25-26,32,36H,16-20H2;3-17,20H,2,19H2,1H3;5-6,8H,1-4,7H2;;1H. The van der Waals surface area contributed by atoms with Gasteiger partial charge < -0.3 is 34.4 Å². The molecule has 0 spiro atoms. The summed E-state index contributed by atoms with van der Waals surface area (Å²) in [7, 11) is 0. The second-order valence-electron chi connectivity index (χ2n) is 19.3. The number of fused-ring (bicyclic) bond motifs is 1. The van der Waals surface area contributed by atoms with E-state index < -0.39 is 0 Å². The molecule has 3 heterocycles. The van der Waals surface area contributed by atoms with Crippen LogP contribution in [0.5, 0.6) is 0 Å². The van der Waals surface area contributed by atoms with Gasteiger partial charge in [0.05, 0.1) is 41.9 Å². The molecular formula is C64H67BClN8O3. The summed E-state index contributed by atoms with van der Waals surface area (Å²) in [6.07, 6.45) is 10.1. The van der Waals surface area contributed by atoms with Crippen molar-refractivity contribution >= 4 is 44.1 Å². The van der Waals surface area contributed by atoms with Crippen LogP contribution < -0.4 is 11.2 Å². The second-order valence-corrected chi connectivity index (χ2v) is 19.3. The number of nitrogens with one attached hydrogen (secondary N) is 1. The van der Waals surface area contributed by atoms with Crippen LogP contribution in [0.4, 0.5) is 5.82 Å². The number of aliphatic hydroxyl groups is 2. The fourth-order valence-electron chi connectivity index (χ4n) is 10.4. The molecule has 2 aliphatic carbocycles. The van der Waals surface area contributed by atoms with Gasteiger partial charge in [-0.1, -0.05) is 182 Å². The van der Waals surface area contributed by atoms with E-state index in [4.69, 9.17) is 20.6 Å². The van der Waals surface area contributed by atoms with E-state index in [0.717, 1.165) is 113 Å². The van der Waals surface area contributed by atoms with Gasteiger partial charge in [-0.25, -0.2) is 9.98 Å². The normalized spacial score (nSPS) is 16.9. The van der Waals surface area contributed by atoms with E-state index in [2.05, 4.69) is 117 Å². The maximum Gasteiger partial charge on any atom is 0.176 e. The molecule has 3 aromatic heterocycles. The Labute approximate surface area is 460 Å². The van der Waals surface area contributed by atoms with Crippen molar-refractivity contribution in [3.8, 4) is 50.8 Å². The maximum atomic E-state index is 10.2. The number of hydrogen-bond donors (Lipinski definition) is 4. The molecule has 5 N–H and O–H groups in total. The molecule has 3 radical (unpaired) electrons. The first-order valence-electron chi connectivity index (χ1n) is 26.2. The lowest BCUT2D eigenvalue weighted by atomic mass is 9.93. The Kier molecular flexibility index (Phi) is 20.6. The Hall–Kier alpha value is -7.79. The topological polar surface area (TPSA) is 163 Å². The second kappa shape index (κ2) is 27.8. The summed E-state index contributed by atoms with van der Waals surface area (Å²) in [5, 5.41) is 39.5. The van der Waals surface area contributed by atoms with Crippen LogP contribution in [0.15, 0.2) is 193 Å². The first-order chi connectivity index (χ1) is 36.8. The molecule has 0 amide bonds. The van der Waals surface area contributed by atoms with Crippen LogP contribution in [0.25, 0.3) is 55.8 Å². The fraction of sp³-hybridized carbons (Fsp3) is 0.250. The molecule has 11 rings (SSSR count). The van der Waals surface area contributed by atoms with Gasteiger partial charge in [0.1, 0.15) is 22.8 Å². The number of aliphatic hydroxyl groups excluding tert-OH is 2. The lowest BCUT2D eigenvalue weighted by Crippen LogP contribution is -2.29. The monoisotopic (exact) mass is 1040 g/mol. The number of aliphatic imine (C=N–C) groups is 1. The molecule has 2 saturated carbocycles. The van der Waals surface area contributed by atoms with Crippen LogP contribution in [0, 0.1) is 16.7 Å². The summed E-state index contributed by atoms with van der Waals surface area (Å²) in [5.41, 5.74) is 18.0. The molecule has 77 heavy (non-hydrogen) atoms. The molecule has 2 fully saturated rings.